The Morgan fingerprint density at radius 3 is 1.59 bits per heavy atom. The summed E-state index contributed by atoms with van der Waals surface area (Å²) in [5.41, 5.74) is 4.93. The second-order valence-electron chi connectivity index (χ2n) is 15.8. The van der Waals surface area contributed by atoms with Gasteiger partial charge < -0.3 is 40.2 Å². The van der Waals surface area contributed by atoms with Crippen molar-refractivity contribution in [2.24, 2.45) is 11.8 Å². The van der Waals surface area contributed by atoms with Crippen LogP contribution in [0.15, 0.2) is 48.8 Å². The van der Waals surface area contributed by atoms with Crippen molar-refractivity contribution in [3.8, 4) is 22.5 Å². The Hall–Kier alpha value is -6.72. The van der Waals surface area contributed by atoms with E-state index < -0.39 is 24.3 Å². The fourth-order valence-electron chi connectivity index (χ4n) is 8.11. The quantitative estimate of drug-likeness (QED) is 0.115. The zero-order valence-electron chi connectivity index (χ0n) is 33.4. The van der Waals surface area contributed by atoms with Gasteiger partial charge in [0.05, 0.1) is 43.0 Å². The van der Waals surface area contributed by atoms with Crippen molar-refractivity contribution < 1.29 is 29.0 Å². The Morgan fingerprint density at radius 2 is 1.17 bits per heavy atom. The van der Waals surface area contributed by atoms with Gasteiger partial charge in [0.25, 0.3) is 0 Å². The Kier molecular flexibility index (Phi) is 10.5. The zero-order valence-corrected chi connectivity index (χ0v) is 33.4. The molecule has 5 N–H and O–H groups in total. The summed E-state index contributed by atoms with van der Waals surface area (Å²) in [5, 5.41) is 16.3. The van der Waals surface area contributed by atoms with E-state index in [1.165, 1.54) is 7.11 Å². The van der Waals surface area contributed by atoms with Gasteiger partial charge in [-0.2, -0.15) is 0 Å². The Bertz CT molecular complexity index is 2590. The Labute approximate surface area is 338 Å². The van der Waals surface area contributed by atoms with E-state index >= 15 is 0 Å². The van der Waals surface area contributed by atoms with Gasteiger partial charge in [0.2, 0.25) is 11.8 Å². The molecule has 2 fully saturated rings. The third-order valence-electron chi connectivity index (χ3n) is 11.2. The van der Waals surface area contributed by atoms with Gasteiger partial charge in [-0.3, -0.25) is 9.59 Å². The van der Waals surface area contributed by atoms with Crippen LogP contribution < -0.4 is 10.6 Å². The number of aromatic amines is 2. The number of aromatic nitrogens is 8. The van der Waals surface area contributed by atoms with Crippen molar-refractivity contribution in [3.05, 3.63) is 60.4 Å². The number of nitrogens with one attached hydrogen (secondary N) is 4. The minimum atomic E-state index is -1.24. The molecule has 59 heavy (non-hydrogen) atoms. The Morgan fingerprint density at radius 1 is 0.712 bits per heavy atom. The predicted molar refractivity (Wildman–Crippen MR) is 217 cm³/mol. The molecule has 2 saturated heterocycles. The molecule has 4 amide bonds. The number of hydrogen-bond donors (Lipinski definition) is 5. The van der Waals surface area contributed by atoms with E-state index in [4.69, 9.17) is 19.7 Å². The SMILES string of the molecule is COC(=O)N[C@H](C(=O)N1CCC[C@@H]1c1nc2ncc(-c3ccc4cc(-c5cnc6nc([C@H]7CCCN7C(=O)[C@@H](NC(=O)O)C(C)C)[nH]c6n5)ccc4c3)nc2[nH]1)C(C)C. The molecule has 2 aromatic carbocycles. The zero-order chi connectivity index (χ0) is 41.5. The molecule has 0 spiro atoms. The summed E-state index contributed by atoms with van der Waals surface area (Å²) in [5.74, 6) is 0.346. The monoisotopic (exact) mass is 802 g/mol. The lowest BCUT2D eigenvalue weighted by Gasteiger charge is -2.29. The molecule has 4 aromatic heterocycles. The first-order valence-electron chi connectivity index (χ1n) is 19.8. The average Bonchev–Trinajstić information content (AvgIpc) is 4.05. The van der Waals surface area contributed by atoms with Gasteiger partial charge in [0, 0.05) is 24.2 Å². The number of carbonyl (C=O) groups is 4. The smallest absolute Gasteiger partial charge is 0.407 e. The molecule has 6 aromatic rings. The van der Waals surface area contributed by atoms with Crippen LogP contribution in [0.1, 0.15) is 77.1 Å². The largest absolute Gasteiger partial charge is 0.465 e. The van der Waals surface area contributed by atoms with Crippen molar-refractivity contribution in [1.29, 1.82) is 0 Å². The molecule has 306 valence electrons. The summed E-state index contributed by atoms with van der Waals surface area (Å²) in [6.07, 6.45) is 4.45. The highest BCUT2D eigenvalue weighted by Crippen LogP contribution is 2.35. The van der Waals surface area contributed by atoms with E-state index in [2.05, 4.69) is 35.6 Å². The highest BCUT2D eigenvalue weighted by Gasteiger charge is 2.39. The number of imidazole rings is 2. The number of H-pyrrole nitrogens is 2. The van der Waals surface area contributed by atoms with Gasteiger partial charge in [-0.1, -0.05) is 52.0 Å². The number of carboxylic acid groups (broad SMARTS) is 1. The average molecular weight is 803 g/mol. The number of methoxy groups -OCH3 is 1. The van der Waals surface area contributed by atoms with E-state index in [-0.39, 0.29) is 35.7 Å². The van der Waals surface area contributed by atoms with Gasteiger partial charge in [-0.05, 0) is 60.4 Å². The molecular weight excluding hydrogens is 757 g/mol. The molecule has 0 bridgehead atoms. The van der Waals surface area contributed by atoms with Crippen molar-refractivity contribution in [2.45, 2.75) is 77.5 Å². The number of amides is 4. The molecule has 0 unspecified atom stereocenters. The molecule has 18 nitrogen and oxygen atoms in total. The van der Waals surface area contributed by atoms with Crippen molar-refractivity contribution in [2.75, 3.05) is 20.2 Å². The van der Waals surface area contributed by atoms with Crippen molar-refractivity contribution >= 4 is 57.4 Å². The highest BCUT2D eigenvalue weighted by molar-refractivity contribution is 5.91. The minimum absolute atomic E-state index is 0.141. The third-order valence-corrected chi connectivity index (χ3v) is 11.2. The fraction of sp³-hybridized carbons (Fsp3) is 0.415. The van der Waals surface area contributed by atoms with Crippen LogP contribution in [0.3, 0.4) is 0 Å². The number of benzene rings is 2. The molecule has 8 rings (SSSR count). The molecule has 0 aliphatic carbocycles. The molecule has 18 heteroatoms. The summed E-state index contributed by atoms with van der Waals surface area (Å²) >= 11 is 0. The van der Waals surface area contributed by atoms with Crippen LogP contribution >= 0.6 is 0 Å². The lowest BCUT2D eigenvalue weighted by molar-refractivity contribution is -0.136. The van der Waals surface area contributed by atoms with Gasteiger partial charge in [-0.25, -0.2) is 39.5 Å². The molecule has 6 heterocycles. The van der Waals surface area contributed by atoms with Crippen LogP contribution in [-0.4, -0.2) is 111 Å². The fourth-order valence-corrected chi connectivity index (χ4v) is 8.11. The van der Waals surface area contributed by atoms with Crippen LogP contribution in [0.4, 0.5) is 9.59 Å². The second-order valence-corrected chi connectivity index (χ2v) is 15.8. The summed E-state index contributed by atoms with van der Waals surface area (Å²) < 4.78 is 4.76. The van der Waals surface area contributed by atoms with Crippen LogP contribution in [-0.2, 0) is 14.3 Å². The van der Waals surface area contributed by atoms with E-state index in [9.17, 15) is 24.3 Å². The van der Waals surface area contributed by atoms with E-state index in [1.54, 1.807) is 22.2 Å². The molecule has 0 saturated carbocycles. The van der Waals surface area contributed by atoms with Crippen LogP contribution in [0.5, 0.6) is 0 Å². The van der Waals surface area contributed by atoms with E-state index in [0.717, 1.165) is 34.7 Å². The van der Waals surface area contributed by atoms with E-state index in [0.29, 0.717) is 71.6 Å². The topological polar surface area (TPSA) is 237 Å². The summed E-state index contributed by atoms with van der Waals surface area (Å²) in [6, 6.07) is 9.84. The number of nitrogens with zero attached hydrogens (tertiary/aromatic N) is 8. The normalized spacial score (nSPS) is 17.9. The molecule has 0 radical (unpaired) electrons. The molecule has 2 aliphatic heterocycles. The minimum Gasteiger partial charge on any atom is -0.465 e. The number of likely N-dealkylation sites (tertiary alicyclic amines) is 2. The highest BCUT2D eigenvalue weighted by atomic mass is 16.5. The summed E-state index contributed by atoms with van der Waals surface area (Å²) in [6.45, 7) is 8.43. The lowest BCUT2D eigenvalue weighted by atomic mass is 10.0. The summed E-state index contributed by atoms with van der Waals surface area (Å²) in [4.78, 5) is 88.8. The second kappa shape index (κ2) is 15.9. The van der Waals surface area contributed by atoms with E-state index in [1.807, 2.05) is 64.1 Å². The number of carbonyl (C=O) groups excluding carboxylic acids is 3. The number of hydrogen-bond acceptors (Lipinski definition) is 11. The first-order chi connectivity index (χ1) is 28.4. The third kappa shape index (κ3) is 7.69. The number of rotatable bonds is 10. The maximum Gasteiger partial charge on any atom is 0.407 e. The standard InChI is InChI=1S/C41H46N12O6/c1-20(2)30(46-40(56)57)38(54)52-14-6-8-28(52)32-48-34-36(50-32)44-26(18-42-34)24-12-10-23-17-25(13-11-22(23)16-24)27-19-43-35-37(45-27)51-33(49-35)29-9-7-15-53(29)39(55)31(21(3)4)47-41(58)59-5/h10-13,16-21,28-31,46H,6-9,14-15H2,1-5H3,(H,47,58)(H,56,57)(H,42,44,48,50)(H,43,45,49,51)/t28-,29-,30+,31+/m1/s1. The van der Waals surface area contributed by atoms with Crippen LogP contribution in [0, 0.1) is 11.8 Å². The maximum atomic E-state index is 13.6. The number of fused-ring (bicyclic) bond motifs is 3. The van der Waals surface area contributed by atoms with Gasteiger partial charge in [0.15, 0.2) is 22.6 Å². The van der Waals surface area contributed by atoms with Crippen molar-refractivity contribution in [1.82, 2.24) is 60.3 Å². The van der Waals surface area contributed by atoms with Crippen LogP contribution in [0.25, 0.3) is 55.9 Å². The van der Waals surface area contributed by atoms with Gasteiger partial charge in [-0.15, -0.1) is 0 Å². The summed E-state index contributed by atoms with van der Waals surface area (Å²) in [7, 11) is 1.27. The lowest BCUT2D eigenvalue weighted by Crippen LogP contribution is -2.51. The molecule has 2 aliphatic rings. The predicted octanol–water partition coefficient (Wildman–Crippen LogP) is 5.51. The van der Waals surface area contributed by atoms with Crippen LogP contribution in [0.2, 0.25) is 0 Å². The number of ether oxygens (including phenoxy) is 1. The Balaban J connectivity index is 0.997. The first kappa shape index (κ1) is 39.1. The van der Waals surface area contributed by atoms with Gasteiger partial charge in [0.1, 0.15) is 23.7 Å². The van der Waals surface area contributed by atoms with Crippen molar-refractivity contribution in [3.63, 3.8) is 0 Å². The molecule has 4 atom stereocenters. The van der Waals surface area contributed by atoms with Gasteiger partial charge >= 0.3 is 12.2 Å². The molecular formula is C41H46N12O6. The number of alkyl carbamates (subject to hydrolysis) is 1. The maximum absolute atomic E-state index is 13.6. The first-order valence-corrected chi connectivity index (χ1v) is 19.8.